The SMILES string of the molecule is CCCCC(C=Nc1ccccc1)=Nc1cc(CC)cc(CC)c1.[Ni]. The Bertz CT molecular complexity index is 668. The second kappa shape index (κ2) is 11.8. The second-order valence-corrected chi connectivity index (χ2v) is 6.02. The summed E-state index contributed by atoms with van der Waals surface area (Å²) in [5.41, 5.74) is 5.77. The van der Waals surface area contributed by atoms with Crippen LogP contribution in [0.15, 0.2) is 58.5 Å². The van der Waals surface area contributed by atoms with E-state index in [2.05, 4.69) is 44.0 Å². The number of hydrogen-bond acceptors (Lipinski definition) is 2. The van der Waals surface area contributed by atoms with Gasteiger partial charge in [0, 0.05) is 22.7 Å². The fraction of sp³-hybridized carbons (Fsp3) is 0.364. The smallest absolute Gasteiger partial charge is 0.0639 e. The van der Waals surface area contributed by atoms with Gasteiger partial charge >= 0.3 is 0 Å². The first-order valence-electron chi connectivity index (χ1n) is 9.04. The Hall–Kier alpha value is -1.73. The molecule has 0 amide bonds. The molecule has 2 aromatic carbocycles. The molecule has 0 N–H and O–H groups in total. The number of para-hydroxylation sites is 1. The van der Waals surface area contributed by atoms with Crippen molar-refractivity contribution >= 4 is 23.3 Å². The van der Waals surface area contributed by atoms with Crippen LogP contribution in [0.1, 0.15) is 51.2 Å². The number of rotatable bonds is 8. The first-order valence-corrected chi connectivity index (χ1v) is 9.04. The Morgan fingerprint density at radius 2 is 1.52 bits per heavy atom. The van der Waals surface area contributed by atoms with Gasteiger partial charge < -0.3 is 0 Å². The van der Waals surface area contributed by atoms with E-state index in [1.54, 1.807) is 0 Å². The van der Waals surface area contributed by atoms with Crippen LogP contribution < -0.4 is 0 Å². The molecule has 2 aromatic rings. The van der Waals surface area contributed by atoms with Crippen LogP contribution >= 0.6 is 0 Å². The van der Waals surface area contributed by atoms with Crippen molar-refractivity contribution in [2.75, 3.05) is 0 Å². The van der Waals surface area contributed by atoms with Gasteiger partial charge in [0.2, 0.25) is 0 Å². The van der Waals surface area contributed by atoms with Crippen LogP contribution in [-0.2, 0) is 29.3 Å². The van der Waals surface area contributed by atoms with Crippen LogP contribution in [0.3, 0.4) is 0 Å². The molecule has 0 fully saturated rings. The molecule has 25 heavy (non-hydrogen) atoms. The average molecular weight is 379 g/mol. The molecular formula is C22H28N2Ni. The van der Waals surface area contributed by atoms with Crippen molar-refractivity contribution in [3.63, 3.8) is 0 Å². The Morgan fingerprint density at radius 3 is 2.08 bits per heavy atom. The molecule has 2 rings (SSSR count). The largest absolute Gasteiger partial charge is 0.255 e. The first kappa shape index (κ1) is 21.3. The maximum atomic E-state index is 4.90. The fourth-order valence-corrected chi connectivity index (χ4v) is 2.55. The average Bonchev–Trinajstić information content (AvgIpc) is 2.64. The summed E-state index contributed by atoms with van der Waals surface area (Å²) in [7, 11) is 0. The maximum Gasteiger partial charge on any atom is 0.0639 e. The monoisotopic (exact) mass is 378 g/mol. The van der Waals surface area contributed by atoms with Gasteiger partial charge in [0.25, 0.3) is 0 Å². The molecule has 0 atom stereocenters. The molecule has 0 aromatic heterocycles. The molecule has 0 aliphatic carbocycles. The molecule has 136 valence electrons. The third-order valence-corrected chi connectivity index (χ3v) is 4.03. The summed E-state index contributed by atoms with van der Waals surface area (Å²) in [6.07, 6.45) is 7.26. The Labute approximate surface area is 162 Å². The molecular weight excluding hydrogens is 351 g/mol. The van der Waals surface area contributed by atoms with E-state index in [1.807, 2.05) is 36.5 Å². The summed E-state index contributed by atoms with van der Waals surface area (Å²) in [6.45, 7) is 6.59. The summed E-state index contributed by atoms with van der Waals surface area (Å²) >= 11 is 0. The van der Waals surface area contributed by atoms with E-state index < -0.39 is 0 Å². The normalized spacial score (nSPS) is 11.6. The van der Waals surface area contributed by atoms with Gasteiger partial charge in [0.15, 0.2) is 0 Å². The van der Waals surface area contributed by atoms with Crippen LogP contribution in [0.25, 0.3) is 0 Å². The van der Waals surface area contributed by atoms with Gasteiger partial charge in [-0.3, -0.25) is 9.98 Å². The second-order valence-electron chi connectivity index (χ2n) is 6.02. The summed E-state index contributed by atoms with van der Waals surface area (Å²) < 4.78 is 0. The van der Waals surface area contributed by atoms with Crippen LogP contribution in [0.4, 0.5) is 11.4 Å². The predicted molar refractivity (Wildman–Crippen MR) is 106 cm³/mol. The van der Waals surface area contributed by atoms with Crippen molar-refractivity contribution in [3.8, 4) is 0 Å². The van der Waals surface area contributed by atoms with Gasteiger partial charge in [-0.15, -0.1) is 0 Å². The minimum absolute atomic E-state index is 0. The number of hydrogen-bond donors (Lipinski definition) is 0. The topological polar surface area (TPSA) is 24.7 Å². The van der Waals surface area contributed by atoms with Crippen LogP contribution in [0.2, 0.25) is 0 Å². The number of aryl methyl sites for hydroxylation is 2. The number of nitrogens with zero attached hydrogens (tertiary/aromatic N) is 2. The molecule has 3 heteroatoms. The van der Waals surface area contributed by atoms with Gasteiger partial charge in [0.05, 0.1) is 17.1 Å². The molecule has 0 radical (unpaired) electrons. The molecule has 0 aliphatic heterocycles. The minimum atomic E-state index is 0. The molecule has 2 nitrogen and oxygen atoms in total. The Kier molecular flexibility index (Phi) is 10.0. The molecule has 0 saturated carbocycles. The summed E-state index contributed by atoms with van der Waals surface area (Å²) in [5, 5.41) is 0. The minimum Gasteiger partial charge on any atom is -0.255 e. The zero-order valence-corrected chi connectivity index (χ0v) is 16.4. The number of aliphatic imine (C=N–C) groups is 2. The van der Waals surface area contributed by atoms with E-state index in [-0.39, 0.29) is 16.5 Å². The van der Waals surface area contributed by atoms with Crippen LogP contribution in [0, 0.1) is 0 Å². The third-order valence-electron chi connectivity index (χ3n) is 4.03. The molecule has 0 heterocycles. The van der Waals surface area contributed by atoms with Gasteiger partial charge in [-0.2, -0.15) is 0 Å². The Morgan fingerprint density at radius 1 is 0.880 bits per heavy atom. The van der Waals surface area contributed by atoms with Crippen molar-refractivity contribution in [2.45, 2.75) is 52.9 Å². The van der Waals surface area contributed by atoms with Crippen molar-refractivity contribution in [1.29, 1.82) is 0 Å². The number of unbranched alkanes of at least 4 members (excludes halogenated alkanes) is 1. The Balaban J connectivity index is 0.00000312. The zero-order chi connectivity index (χ0) is 17.2. The maximum absolute atomic E-state index is 4.90. The van der Waals surface area contributed by atoms with E-state index >= 15 is 0 Å². The van der Waals surface area contributed by atoms with E-state index in [4.69, 9.17) is 4.99 Å². The first-order chi connectivity index (χ1) is 11.7. The standard InChI is InChI=1S/C22H28N2.Ni/c1-4-7-11-21(17-23-20-12-9-8-10-13-20)24-22-15-18(5-2)14-19(6-3)16-22;/h8-10,12-17H,4-7,11H2,1-3H3;. The third kappa shape index (κ3) is 7.36. The van der Waals surface area contributed by atoms with E-state index in [9.17, 15) is 0 Å². The van der Waals surface area contributed by atoms with Crippen molar-refractivity contribution in [3.05, 3.63) is 59.7 Å². The van der Waals surface area contributed by atoms with Gasteiger partial charge in [-0.1, -0.05) is 51.5 Å². The van der Waals surface area contributed by atoms with Crippen LogP contribution in [0.5, 0.6) is 0 Å². The molecule has 0 saturated heterocycles. The molecule has 0 aliphatic rings. The van der Waals surface area contributed by atoms with E-state index in [0.717, 1.165) is 49.2 Å². The van der Waals surface area contributed by atoms with Gasteiger partial charge in [-0.05, 0) is 61.1 Å². The molecule has 0 unspecified atom stereocenters. The van der Waals surface area contributed by atoms with Crippen molar-refractivity contribution < 1.29 is 16.5 Å². The quantitative estimate of drug-likeness (QED) is 0.371. The van der Waals surface area contributed by atoms with Crippen LogP contribution in [-0.4, -0.2) is 11.9 Å². The van der Waals surface area contributed by atoms with Gasteiger partial charge in [-0.25, -0.2) is 0 Å². The number of benzene rings is 2. The zero-order valence-electron chi connectivity index (χ0n) is 15.4. The van der Waals surface area contributed by atoms with Gasteiger partial charge in [0.1, 0.15) is 0 Å². The molecule has 0 spiro atoms. The fourth-order valence-electron chi connectivity index (χ4n) is 2.55. The van der Waals surface area contributed by atoms with Crippen molar-refractivity contribution in [1.82, 2.24) is 0 Å². The summed E-state index contributed by atoms with van der Waals surface area (Å²) in [5.74, 6) is 0. The summed E-state index contributed by atoms with van der Waals surface area (Å²) in [6, 6.07) is 16.7. The van der Waals surface area contributed by atoms with E-state index in [0.29, 0.717) is 0 Å². The molecule has 0 bridgehead atoms. The predicted octanol–water partition coefficient (Wildman–Crippen LogP) is 6.47. The van der Waals surface area contributed by atoms with Crippen molar-refractivity contribution in [2.24, 2.45) is 9.98 Å². The summed E-state index contributed by atoms with van der Waals surface area (Å²) in [4.78, 5) is 9.48. The van der Waals surface area contributed by atoms with E-state index in [1.165, 1.54) is 11.1 Å².